The molecule has 0 aliphatic heterocycles. The molecule has 2 aromatic carbocycles. The van der Waals surface area contributed by atoms with Gasteiger partial charge >= 0.3 is 0 Å². The van der Waals surface area contributed by atoms with E-state index in [1.807, 2.05) is 12.1 Å². The van der Waals surface area contributed by atoms with Crippen molar-refractivity contribution in [1.29, 1.82) is 10.5 Å². The molecule has 0 radical (unpaired) electrons. The molecule has 0 saturated carbocycles. The van der Waals surface area contributed by atoms with Gasteiger partial charge in [-0.05, 0) is 46.3 Å². The van der Waals surface area contributed by atoms with E-state index in [2.05, 4.69) is 15.9 Å². The zero-order valence-electron chi connectivity index (χ0n) is 9.52. The minimum atomic E-state index is 0.291. The Labute approximate surface area is 123 Å². The Balaban J connectivity index is 2.44. The highest BCUT2D eigenvalue weighted by Gasteiger charge is 2.10. The number of nitrogens with zero attached hydrogens (tertiary/aromatic N) is 2. The molecule has 0 saturated heterocycles. The summed E-state index contributed by atoms with van der Waals surface area (Å²) in [6.45, 7) is 0. The van der Waals surface area contributed by atoms with Crippen LogP contribution in [0.15, 0.2) is 40.9 Å². The Morgan fingerprint density at radius 2 is 1.79 bits per heavy atom. The van der Waals surface area contributed by atoms with Gasteiger partial charge in [0.25, 0.3) is 0 Å². The average Bonchev–Trinajstić information content (AvgIpc) is 2.39. The van der Waals surface area contributed by atoms with Crippen LogP contribution in [0, 0.1) is 22.7 Å². The smallest absolute Gasteiger partial charge is 0.146 e. The van der Waals surface area contributed by atoms with Crippen LogP contribution in [0.1, 0.15) is 11.1 Å². The molecular formula is C14H6BrClN2O. The Morgan fingerprint density at radius 1 is 1.05 bits per heavy atom. The standard InChI is InChI=1S/C14H6BrClN2O/c15-13-6-14(10(8-18)4-9(13)7-17)19-12-3-1-2-11(16)5-12/h1-6H. The third kappa shape index (κ3) is 3.06. The van der Waals surface area contributed by atoms with Gasteiger partial charge in [0.15, 0.2) is 0 Å². The summed E-state index contributed by atoms with van der Waals surface area (Å²) in [6.07, 6.45) is 0. The van der Waals surface area contributed by atoms with Crippen molar-refractivity contribution in [2.24, 2.45) is 0 Å². The lowest BCUT2D eigenvalue weighted by atomic mass is 10.1. The molecule has 0 N–H and O–H groups in total. The van der Waals surface area contributed by atoms with Crippen LogP contribution >= 0.6 is 27.5 Å². The summed E-state index contributed by atoms with van der Waals surface area (Å²) in [5.74, 6) is 0.899. The number of hydrogen-bond donors (Lipinski definition) is 0. The van der Waals surface area contributed by atoms with Gasteiger partial charge in [0.05, 0.1) is 11.1 Å². The van der Waals surface area contributed by atoms with Crippen molar-refractivity contribution in [1.82, 2.24) is 0 Å². The number of hydrogen-bond acceptors (Lipinski definition) is 3. The third-order valence-corrected chi connectivity index (χ3v) is 3.23. The number of benzene rings is 2. The molecule has 0 fully saturated rings. The topological polar surface area (TPSA) is 56.8 Å². The highest BCUT2D eigenvalue weighted by atomic mass is 79.9. The summed E-state index contributed by atoms with van der Waals surface area (Å²) in [5.41, 5.74) is 0.676. The highest BCUT2D eigenvalue weighted by Crippen LogP contribution is 2.31. The number of nitriles is 2. The van der Waals surface area contributed by atoms with Crippen LogP contribution in [0.4, 0.5) is 0 Å². The van der Waals surface area contributed by atoms with Crippen molar-refractivity contribution in [3.63, 3.8) is 0 Å². The minimum Gasteiger partial charge on any atom is -0.456 e. The summed E-state index contributed by atoms with van der Waals surface area (Å²) in [5, 5.41) is 18.5. The molecule has 0 aliphatic carbocycles. The molecule has 0 aliphatic rings. The van der Waals surface area contributed by atoms with E-state index in [1.54, 1.807) is 30.3 Å². The largest absolute Gasteiger partial charge is 0.456 e. The molecule has 3 nitrogen and oxygen atoms in total. The first-order valence-corrected chi connectivity index (χ1v) is 6.38. The fraction of sp³-hybridized carbons (Fsp3) is 0. The molecule has 0 atom stereocenters. The molecule has 5 heteroatoms. The van der Waals surface area contributed by atoms with Crippen molar-refractivity contribution in [3.8, 4) is 23.6 Å². The van der Waals surface area contributed by atoms with Crippen LogP contribution in [0.2, 0.25) is 5.02 Å². The van der Waals surface area contributed by atoms with E-state index in [9.17, 15) is 0 Å². The van der Waals surface area contributed by atoms with E-state index in [0.29, 0.717) is 32.1 Å². The SMILES string of the molecule is N#Cc1cc(C#N)c(Oc2cccc(Cl)c2)cc1Br. The lowest BCUT2D eigenvalue weighted by molar-refractivity contribution is 0.481. The van der Waals surface area contributed by atoms with Crippen LogP contribution in [-0.4, -0.2) is 0 Å². The third-order valence-electron chi connectivity index (χ3n) is 2.33. The first kappa shape index (κ1) is 13.4. The molecule has 92 valence electrons. The Morgan fingerprint density at radius 3 is 2.42 bits per heavy atom. The lowest BCUT2D eigenvalue weighted by Gasteiger charge is -2.09. The van der Waals surface area contributed by atoms with Gasteiger partial charge in [-0.15, -0.1) is 0 Å². The van der Waals surface area contributed by atoms with Crippen molar-refractivity contribution in [2.75, 3.05) is 0 Å². The highest BCUT2D eigenvalue weighted by molar-refractivity contribution is 9.10. The zero-order chi connectivity index (χ0) is 13.8. The number of halogens is 2. The summed E-state index contributed by atoms with van der Waals surface area (Å²) < 4.78 is 6.19. The molecule has 0 amide bonds. The van der Waals surface area contributed by atoms with E-state index in [1.165, 1.54) is 6.07 Å². The molecule has 19 heavy (non-hydrogen) atoms. The van der Waals surface area contributed by atoms with E-state index in [-0.39, 0.29) is 0 Å². The van der Waals surface area contributed by atoms with E-state index >= 15 is 0 Å². The van der Waals surface area contributed by atoms with Crippen LogP contribution in [0.3, 0.4) is 0 Å². The van der Waals surface area contributed by atoms with Crippen LogP contribution in [0.5, 0.6) is 11.5 Å². The first-order chi connectivity index (χ1) is 9.13. The molecule has 0 spiro atoms. The monoisotopic (exact) mass is 332 g/mol. The van der Waals surface area contributed by atoms with Crippen molar-refractivity contribution >= 4 is 27.5 Å². The Kier molecular flexibility index (Phi) is 4.06. The summed E-state index contributed by atoms with van der Waals surface area (Å²) in [6, 6.07) is 13.9. The quantitative estimate of drug-likeness (QED) is 0.804. The maximum atomic E-state index is 9.08. The maximum absolute atomic E-state index is 9.08. The van der Waals surface area contributed by atoms with E-state index in [4.69, 9.17) is 26.9 Å². The molecule has 2 rings (SSSR count). The second-order valence-electron chi connectivity index (χ2n) is 3.61. The summed E-state index contributed by atoms with van der Waals surface area (Å²) in [4.78, 5) is 0. The fourth-order valence-corrected chi connectivity index (χ4v) is 2.06. The molecule has 0 unspecified atom stereocenters. The lowest BCUT2D eigenvalue weighted by Crippen LogP contribution is -1.90. The van der Waals surface area contributed by atoms with Gasteiger partial charge in [-0.2, -0.15) is 10.5 Å². The molecule has 0 bridgehead atoms. The van der Waals surface area contributed by atoms with Crippen LogP contribution < -0.4 is 4.74 Å². The van der Waals surface area contributed by atoms with Gasteiger partial charge in [-0.3, -0.25) is 0 Å². The number of ether oxygens (including phenoxy) is 1. The summed E-state index contributed by atoms with van der Waals surface area (Å²) in [7, 11) is 0. The van der Waals surface area contributed by atoms with Gasteiger partial charge in [-0.25, -0.2) is 0 Å². The van der Waals surface area contributed by atoms with Crippen LogP contribution in [0.25, 0.3) is 0 Å². The molecule has 2 aromatic rings. The van der Waals surface area contributed by atoms with Crippen molar-refractivity contribution in [2.45, 2.75) is 0 Å². The van der Waals surface area contributed by atoms with Crippen LogP contribution in [-0.2, 0) is 0 Å². The predicted molar refractivity (Wildman–Crippen MR) is 75.1 cm³/mol. The molecule has 0 heterocycles. The first-order valence-electron chi connectivity index (χ1n) is 5.21. The summed E-state index contributed by atoms with van der Waals surface area (Å²) >= 11 is 9.13. The average molecular weight is 334 g/mol. The minimum absolute atomic E-state index is 0.291. The molecular weight excluding hydrogens is 328 g/mol. The van der Waals surface area contributed by atoms with Crippen molar-refractivity contribution in [3.05, 3.63) is 57.0 Å². The van der Waals surface area contributed by atoms with E-state index in [0.717, 1.165) is 0 Å². The van der Waals surface area contributed by atoms with Gasteiger partial charge in [-0.1, -0.05) is 17.7 Å². The Bertz CT molecular complexity index is 716. The fourth-order valence-electron chi connectivity index (χ4n) is 1.47. The maximum Gasteiger partial charge on any atom is 0.146 e. The van der Waals surface area contributed by atoms with Gasteiger partial charge < -0.3 is 4.74 Å². The van der Waals surface area contributed by atoms with Crippen molar-refractivity contribution < 1.29 is 4.74 Å². The van der Waals surface area contributed by atoms with E-state index < -0.39 is 0 Å². The normalized spacial score (nSPS) is 9.47. The zero-order valence-corrected chi connectivity index (χ0v) is 11.9. The van der Waals surface area contributed by atoms with Gasteiger partial charge in [0, 0.05) is 9.50 Å². The second-order valence-corrected chi connectivity index (χ2v) is 4.90. The van der Waals surface area contributed by atoms with Gasteiger partial charge in [0.1, 0.15) is 23.6 Å². The second kappa shape index (κ2) is 5.75. The number of rotatable bonds is 2. The van der Waals surface area contributed by atoms with Gasteiger partial charge in [0.2, 0.25) is 0 Å². The predicted octanol–water partition coefficient (Wildman–Crippen LogP) is 4.64. The molecule has 0 aromatic heterocycles. The Hall–Kier alpha value is -2.01.